The van der Waals surface area contributed by atoms with Gasteiger partial charge in [0.05, 0.1) is 0 Å². The summed E-state index contributed by atoms with van der Waals surface area (Å²) in [5, 5.41) is 3.16. The van der Waals surface area contributed by atoms with E-state index >= 15 is 0 Å². The normalized spacial score (nSPS) is 10.7. The van der Waals surface area contributed by atoms with Gasteiger partial charge in [0.1, 0.15) is 15.9 Å². The van der Waals surface area contributed by atoms with Crippen LogP contribution in [0.4, 0.5) is 0 Å². The summed E-state index contributed by atoms with van der Waals surface area (Å²) in [6.45, 7) is 1.99. The molecule has 0 unspecified atom stereocenters. The van der Waals surface area contributed by atoms with E-state index < -0.39 is 7.49 Å². The summed E-state index contributed by atoms with van der Waals surface area (Å²) in [5.41, 5.74) is 0. The van der Waals surface area contributed by atoms with Gasteiger partial charge in [0.25, 0.3) is 7.49 Å². The van der Waals surface area contributed by atoms with Crippen molar-refractivity contribution in [2.24, 2.45) is 0 Å². The van der Waals surface area contributed by atoms with E-state index in [1.165, 1.54) is 0 Å². The van der Waals surface area contributed by atoms with Gasteiger partial charge in [-0.2, -0.15) is 0 Å². The maximum Gasteiger partial charge on any atom is 0.351 e. The van der Waals surface area contributed by atoms with Crippen LogP contribution in [0.1, 0.15) is 19.8 Å². The molecule has 3 rings (SSSR count). The van der Waals surface area contributed by atoms with Crippen LogP contribution in [0.25, 0.3) is 0 Å². The van der Waals surface area contributed by atoms with Crippen molar-refractivity contribution in [3.05, 3.63) is 91.0 Å². The fourth-order valence-electron chi connectivity index (χ4n) is 2.92. The molecule has 0 amide bonds. The minimum atomic E-state index is -2.49. The summed E-state index contributed by atoms with van der Waals surface area (Å²) in [7, 11) is -2.49. The molecule has 0 aliphatic rings. The molecule has 0 aromatic heterocycles. The van der Waals surface area contributed by atoms with Gasteiger partial charge in [0, 0.05) is 6.42 Å². The summed E-state index contributed by atoms with van der Waals surface area (Å²) in [4.78, 5) is 12.6. The largest absolute Gasteiger partial charge is 1.00 e. The molecule has 0 fully saturated rings. The van der Waals surface area contributed by atoms with Crippen LogP contribution in [0.5, 0.6) is 0 Å². The molecule has 0 spiro atoms. The maximum atomic E-state index is 12.6. The van der Waals surface area contributed by atoms with Gasteiger partial charge in [-0.3, -0.25) is 4.52 Å². The van der Waals surface area contributed by atoms with E-state index in [-0.39, 0.29) is 23.0 Å². The lowest BCUT2D eigenvalue weighted by Gasteiger charge is -2.25. The first-order valence-corrected chi connectivity index (χ1v) is 10.3. The first kappa shape index (κ1) is 20.4. The third-order valence-corrected chi connectivity index (χ3v) is 7.61. The lowest BCUT2D eigenvalue weighted by molar-refractivity contribution is -0.133. The van der Waals surface area contributed by atoms with Crippen LogP contribution >= 0.6 is 7.49 Å². The van der Waals surface area contributed by atoms with E-state index in [0.717, 1.165) is 22.3 Å². The molecule has 2 nitrogen and oxygen atoms in total. The highest BCUT2D eigenvalue weighted by atomic mass is 79.9. The Balaban J connectivity index is 0.00000243. The Labute approximate surface area is 166 Å². The van der Waals surface area contributed by atoms with Crippen molar-refractivity contribution in [1.29, 1.82) is 0 Å². The van der Waals surface area contributed by atoms with E-state index in [2.05, 4.69) is 36.4 Å². The third-order valence-electron chi connectivity index (χ3n) is 4.05. The van der Waals surface area contributed by atoms with Crippen molar-refractivity contribution < 1.29 is 26.3 Å². The molecule has 0 atom stereocenters. The Kier molecular flexibility index (Phi) is 7.56. The summed E-state index contributed by atoms with van der Waals surface area (Å²) in [5.74, 6) is -0.146. The number of halogens is 1. The van der Waals surface area contributed by atoms with E-state index in [1.54, 1.807) is 0 Å². The monoisotopic (exact) mass is 428 g/mol. The molecule has 3 aromatic rings. The molecular formula is C22H22BrO2P. The van der Waals surface area contributed by atoms with E-state index in [0.29, 0.717) is 6.42 Å². The van der Waals surface area contributed by atoms with E-state index in [1.807, 2.05) is 61.5 Å². The van der Waals surface area contributed by atoms with Gasteiger partial charge in [-0.1, -0.05) is 61.5 Å². The average molecular weight is 429 g/mol. The molecule has 26 heavy (non-hydrogen) atoms. The Morgan fingerprint density at radius 3 is 1.38 bits per heavy atom. The first-order chi connectivity index (χ1) is 12.3. The van der Waals surface area contributed by atoms with Gasteiger partial charge in [0.2, 0.25) is 0 Å². The van der Waals surface area contributed by atoms with Gasteiger partial charge in [-0.15, -0.1) is 0 Å². The second kappa shape index (κ2) is 9.66. The lowest BCUT2D eigenvalue weighted by atomic mass is 10.3. The number of carbonyl (C=O) groups is 1. The minimum absolute atomic E-state index is 0. The number of benzene rings is 3. The fourth-order valence-corrected chi connectivity index (χ4v) is 6.30. The smallest absolute Gasteiger partial charge is 0.351 e. The zero-order valence-corrected chi connectivity index (χ0v) is 17.2. The SMILES string of the molecule is CCCC(=O)O[P+](c1ccccc1)(c1ccccc1)c1ccccc1.[Br-]. The molecule has 134 valence electrons. The van der Waals surface area contributed by atoms with Crippen LogP contribution in [-0.2, 0) is 9.32 Å². The Morgan fingerprint density at radius 1 is 0.731 bits per heavy atom. The van der Waals surface area contributed by atoms with Gasteiger partial charge < -0.3 is 17.0 Å². The van der Waals surface area contributed by atoms with Crippen LogP contribution in [0.15, 0.2) is 91.0 Å². The fraction of sp³-hybridized carbons (Fsp3) is 0.136. The molecule has 0 aliphatic heterocycles. The van der Waals surface area contributed by atoms with Crippen LogP contribution in [0, 0.1) is 0 Å². The number of carbonyl (C=O) groups excluding carboxylic acids is 1. The Hall–Kier alpha value is -1.96. The van der Waals surface area contributed by atoms with Crippen molar-refractivity contribution in [3.8, 4) is 0 Å². The molecule has 4 heteroatoms. The van der Waals surface area contributed by atoms with E-state index in [4.69, 9.17) is 4.52 Å². The predicted molar refractivity (Wildman–Crippen MR) is 106 cm³/mol. The standard InChI is InChI=1S/C22H22O2P.BrH/c1-2-12-22(23)24-25(19-13-6-3-7-14-19,20-15-8-4-9-16-20)21-17-10-5-11-18-21;/h3-11,13-18H,2,12H2,1H3;1H/q+1;/p-1. The molecule has 0 aliphatic carbocycles. The van der Waals surface area contributed by atoms with Crippen molar-refractivity contribution >= 4 is 29.4 Å². The first-order valence-electron chi connectivity index (χ1n) is 8.55. The summed E-state index contributed by atoms with van der Waals surface area (Å²) in [6, 6.07) is 30.4. The highest BCUT2D eigenvalue weighted by Gasteiger charge is 2.50. The maximum absolute atomic E-state index is 12.6. The molecule has 3 aromatic carbocycles. The second-order valence-corrected chi connectivity index (χ2v) is 8.78. The van der Waals surface area contributed by atoms with Gasteiger partial charge in [0.15, 0.2) is 0 Å². The molecule has 0 saturated carbocycles. The van der Waals surface area contributed by atoms with Gasteiger partial charge in [-0.05, 0) is 42.8 Å². The molecule has 0 N–H and O–H groups in total. The highest BCUT2D eigenvalue weighted by Crippen LogP contribution is 2.56. The highest BCUT2D eigenvalue weighted by molar-refractivity contribution is 7.92. The Bertz CT molecular complexity index is 711. The molecule has 0 heterocycles. The molecule has 0 bridgehead atoms. The predicted octanol–water partition coefficient (Wildman–Crippen LogP) is 1.24. The Morgan fingerprint density at radius 2 is 1.08 bits per heavy atom. The zero-order valence-electron chi connectivity index (χ0n) is 14.7. The average Bonchev–Trinajstić information content (AvgIpc) is 2.68. The van der Waals surface area contributed by atoms with Crippen molar-refractivity contribution in [3.63, 3.8) is 0 Å². The summed E-state index contributed by atoms with van der Waals surface area (Å²) in [6.07, 6.45) is 1.20. The lowest BCUT2D eigenvalue weighted by Crippen LogP contribution is -3.00. The van der Waals surface area contributed by atoms with Crippen LogP contribution in [0.3, 0.4) is 0 Å². The van der Waals surface area contributed by atoms with Crippen LogP contribution in [-0.4, -0.2) is 5.97 Å². The van der Waals surface area contributed by atoms with Crippen LogP contribution in [0.2, 0.25) is 0 Å². The van der Waals surface area contributed by atoms with Gasteiger partial charge >= 0.3 is 5.97 Å². The zero-order chi connectivity index (χ0) is 17.5. The molecule has 0 radical (unpaired) electrons. The van der Waals surface area contributed by atoms with Gasteiger partial charge in [-0.25, -0.2) is 4.79 Å². The second-order valence-electron chi connectivity index (χ2n) is 5.83. The summed E-state index contributed by atoms with van der Waals surface area (Å²) >= 11 is 0. The van der Waals surface area contributed by atoms with E-state index in [9.17, 15) is 4.79 Å². The molecule has 0 saturated heterocycles. The molecular weight excluding hydrogens is 407 g/mol. The van der Waals surface area contributed by atoms with Crippen molar-refractivity contribution in [2.45, 2.75) is 19.8 Å². The summed E-state index contributed by atoms with van der Waals surface area (Å²) < 4.78 is 6.31. The number of hydrogen-bond donors (Lipinski definition) is 0. The number of hydrogen-bond acceptors (Lipinski definition) is 2. The number of rotatable bonds is 6. The van der Waals surface area contributed by atoms with Crippen molar-refractivity contribution in [2.75, 3.05) is 0 Å². The third kappa shape index (κ3) is 4.23. The quantitative estimate of drug-likeness (QED) is 0.552. The minimum Gasteiger partial charge on any atom is -1.00 e. The van der Waals surface area contributed by atoms with Crippen molar-refractivity contribution in [1.82, 2.24) is 0 Å². The topological polar surface area (TPSA) is 26.3 Å². The van der Waals surface area contributed by atoms with Crippen LogP contribution < -0.4 is 32.9 Å².